The molecule has 1 N–H and O–H groups in total. The topological polar surface area (TPSA) is 47.6 Å². The molecule has 0 spiro atoms. The number of rotatable bonds is 8. The van der Waals surface area contributed by atoms with E-state index in [1.807, 2.05) is 26.0 Å². The molecule has 0 bridgehead atoms. The lowest BCUT2D eigenvalue weighted by Gasteiger charge is -2.26. The molecule has 2 atom stereocenters. The number of ether oxygens (including phenoxy) is 2. The lowest BCUT2D eigenvalue weighted by atomic mass is 9.88. The second kappa shape index (κ2) is 9.56. The second-order valence-electron chi connectivity index (χ2n) is 7.17. The highest BCUT2D eigenvalue weighted by atomic mass is 16.5. The lowest BCUT2D eigenvalue weighted by molar-refractivity contribution is -0.144. The monoisotopic (exact) mass is 367 g/mol. The maximum atomic E-state index is 11.6. The highest BCUT2D eigenvalue weighted by Gasteiger charge is 2.19. The molecular weight excluding hydrogens is 338 g/mol. The second-order valence-corrected chi connectivity index (χ2v) is 7.17. The van der Waals surface area contributed by atoms with Crippen LogP contribution in [-0.2, 0) is 28.9 Å². The Bertz CT molecular complexity index is 745. The Morgan fingerprint density at radius 2 is 2.00 bits per heavy atom. The largest absolute Gasteiger partial charge is 0.490 e. The molecule has 0 heterocycles. The fraction of sp³-hybridized carbons (Fsp3) is 0.435. The molecule has 1 aliphatic carbocycles. The van der Waals surface area contributed by atoms with Gasteiger partial charge in [0.2, 0.25) is 0 Å². The summed E-state index contributed by atoms with van der Waals surface area (Å²) in [6.45, 7) is 5.02. The van der Waals surface area contributed by atoms with Gasteiger partial charge >= 0.3 is 5.97 Å². The summed E-state index contributed by atoms with van der Waals surface area (Å²) in [6, 6.07) is 17.3. The van der Waals surface area contributed by atoms with Crippen LogP contribution in [0.3, 0.4) is 0 Å². The highest BCUT2D eigenvalue weighted by molar-refractivity contribution is 5.69. The highest BCUT2D eigenvalue weighted by Crippen LogP contribution is 2.26. The molecule has 27 heavy (non-hydrogen) atoms. The summed E-state index contributed by atoms with van der Waals surface area (Å²) in [5, 5.41) is 3.68. The van der Waals surface area contributed by atoms with E-state index in [-0.39, 0.29) is 18.5 Å². The molecule has 0 aromatic heterocycles. The first-order valence-corrected chi connectivity index (χ1v) is 9.85. The summed E-state index contributed by atoms with van der Waals surface area (Å²) in [5.74, 6) is 0.613. The van der Waals surface area contributed by atoms with Gasteiger partial charge in [-0.3, -0.25) is 4.79 Å². The molecule has 2 aromatic carbocycles. The summed E-state index contributed by atoms with van der Waals surface area (Å²) in [4.78, 5) is 11.6. The lowest BCUT2D eigenvalue weighted by Crippen LogP contribution is -2.34. The molecule has 4 nitrogen and oxygen atoms in total. The van der Waals surface area contributed by atoms with Crippen LogP contribution in [0.5, 0.6) is 5.75 Å². The number of benzene rings is 2. The van der Waals surface area contributed by atoms with Gasteiger partial charge in [-0.2, -0.15) is 0 Å². The zero-order valence-corrected chi connectivity index (χ0v) is 16.2. The zero-order valence-electron chi connectivity index (χ0n) is 16.2. The van der Waals surface area contributed by atoms with Crippen molar-refractivity contribution in [2.75, 3.05) is 6.61 Å². The van der Waals surface area contributed by atoms with Gasteiger partial charge in [-0.1, -0.05) is 36.4 Å². The third-order valence-electron chi connectivity index (χ3n) is 4.94. The van der Waals surface area contributed by atoms with Crippen molar-refractivity contribution in [3.63, 3.8) is 0 Å². The minimum absolute atomic E-state index is 0.197. The SMILES string of the molecule is CCOC(=O)CC(C)Oc1ccc2c(c1)CC(NCc1ccccc1)CC2. The molecule has 0 radical (unpaired) electrons. The zero-order chi connectivity index (χ0) is 19.1. The smallest absolute Gasteiger partial charge is 0.309 e. The Labute approximate surface area is 161 Å². The van der Waals surface area contributed by atoms with Crippen LogP contribution >= 0.6 is 0 Å². The van der Waals surface area contributed by atoms with Crippen molar-refractivity contribution in [3.8, 4) is 5.75 Å². The Hall–Kier alpha value is -2.33. The number of aryl methyl sites for hydroxylation is 1. The number of carbonyl (C=O) groups excluding carboxylic acids is 1. The summed E-state index contributed by atoms with van der Waals surface area (Å²) in [6.07, 6.45) is 3.31. The van der Waals surface area contributed by atoms with Gasteiger partial charge in [-0.15, -0.1) is 0 Å². The number of fused-ring (bicyclic) bond motifs is 1. The maximum Gasteiger partial charge on any atom is 0.309 e. The first kappa shape index (κ1) is 19.4. The summed E-state index contributed by atoms with van der Waals surface area (Å²) in [5.41, 5.74) is 4.05. The van der Waals surface area contributed by atoms with Gasteiger partial charge in [-0.05, 0) is 61.9 Å². The van der Waals surface area contributed by atoms with Crippen molar-refractivity contribution >= 4 is 5.97 Å². The first-order chi connectivity index (χ1) is 13.1. The van der Waals surface area contributed by atoms with Crippen LogP contribution in [0, 0.1) is 0 Å². The van der Waals surface area contributed by atoms with E-state index in [1.165, 1.54) is 16.7 Å². The van der Waals surface area contributed by atoms with Gasteiger partial charge in [0, 0.05) is 12.6 Å². The molecule has 0 saturated carbocycles. The predicted octanol–water partition coefficient (Wildman–Crippen LogP) is 4.05. The van der Waals surface area contributed by atoms with Crippen LogP contribution < -0.4 is 10.1 Å². The Kier molecular flexibility index (Phi) is 6.88. The van der Waals surface area contributed by atoms with Gasteiger partial charge in [0.05, 0.1) is 13.0 Å². The molecule has 3 rings (SSSR count). The normalized spacial score (nSPS) is 17.0. The van der Waals surface area contributed by atoms with Crippen LogP contribution in [0.15, 0.2) is 48.5 Å². The van der Waals surface area contributed by atoms with Gasteiger partial charge in [0.1, 0.15) is 11.9 Å². The summed E-state index contributed by atoms with van der Waals surface area (Å²) in [7, 11) is 0. The third kappa shape index (κ3) is 5.83. The van der Waals surface area contributed by atoms with Crippen LogP contribution in [-0.4, -0.2) is 24.7 Å². The molecule has 0 fully saturated rings. The van der Waals surface area contributed by atoms with Gasteiger partial charge < -0.3 is 14.8 Å². The Morgan fingerprint density at radius 1 is 1.19 bits per heavy atom. The summed E-state index contributed by atoms with van der Waals surface area (Å²) < 4.78 is 10.9. The van der Waals surface area contributed by atoms with E-state index in [0.29, 0.717) is 12.6 Å². The minimum atomic E-state index is -0.215. The number of carbonyl (C=O) groups is 1. The first-order valence-electron chi connectivity index (χ1n) is 9.85. The van der Waals surface area contributed by atoms with Crippen molar-refractivity contribution in [1.82, 2.24) is 5.32 Å². The van der Waals surface area contributed by atoms with Crippen molar-refractivity contribution < 1.29 is 14.3 Å². The van der Waals surface area contributed by atoms with Gasteiger partial charge in [0.15, 0.2) is 0 Å². The Balaban J connectivity index is 1.55. The standard InChI is InChI=1S/C23H29NO3/c1-3-26-23(25)13-17(2)27-22-12-10-19-9-11-21(14-20(19)15-22)24-16-18-7-5-4-6-8-18/h4-8,10,12,15,17,21,24H,3,9,11,13-14,16H2,1-2H3. The van der Waals surface area contributed by atoms with E-state index in [0.717, 1.165) is 31.6 Å². The fourth-order valence-electron chi connectivity index (χ4n) is 3.57. The number of hydrogen-bond donors (Lipinski definition) is 1. The fourth-order valence-corrected chi connectivity index (χ4v) is 3.57. The number of esters is 1. The van der Waals surface area contributed by atoms with Crippen molar-refractivity contribution in [2.24, 2.45) is 0 Å². The van der Waals surface area contributed by atoms with Crippen LogP contribution in [0.4, 0.5) is 0 Å². The molecule has 0 saturated heterocycles. The van der Waals surface area contributed by atoms with Crippen molar-refractivity contribution in [3.05, 3.63) is 65.2 Å². The van der Waals surface area contributed by atoms with E-state index in [9.17, 15) is 4.79 Å². The number of hydrogen-bond acceptors (Lipinski definition) is 4. The quantitative estimate of drug-likeness (QED) is 0.715. The predicted molar refractivity (Wildman–Crippen MR) is 107 cm³/mol. The number of nitrogens with one attached hydrogen (secondary N) is 1. The Morgan fingerprint density at radius 3 is 2.78 bits per heavy atom. The maximum absolute atomic E-state index is 11.6. The molecule has 2 aromatic rings. The van der Waals surface area contributed by atoms with Gasteiger partial charge in [-0.25, -0.2) is 0 Å². The van der Waals surface area contributed by atoms with E-state index in [4.69, 9.17) is 9.47 Å². The average molecular weight is 367 g/mol. The summed E-state index contributed by atoms with van der Waals surface area (Å²) >= 11 is 0. The van der Waals surface area contributed by atoms with Crippen LogP contribution in [0.25, 0.3) is 0 Å². The van der Waals surface area contributed by atoms with Crippen molar-refractivity contribution in [1.29, 1.82) is 0 Å². The van der Waals surface area contributed by atoms with E-state index in [2.05, 4.69) is 41.7 Å². The molecule has 2 unspecified atom stereocenters. The average Bonchev–Trinajstić information content (AvgIpc) is 2.67. The van der Waals surface area contributed by atoms with Crippen molar-refractivity contribution in [2.45, 2.75) is 58.2 Å². The van der Waals surface area contributed by atoms with E-state index >= 15 is 0 Å². The third-order valence-corrected chi connectivity index (χ3v) is 4.94. The minimum Gasteiger partial charge on any atom is -0.490 e. The molecule has 0 aliphatic heterocycles. The van der Waals surface area contributed by atoms with E-state index in [1.54, 1.807) is 0 Å². The molecule has 1 aliphatic rings. The molecule has 144 valence electrons. The molecular formula is C23H29NO3. The van der Waals surface area contributed by atoms with E-state index < -0.39 is 0 Å². The van der Waals surface area contributed by atoms with Crippen LogP contribution in [0.1, 0.15) is 43.4 Å². The molecule has 4 heteroatoms. The van der Waals surface area contributed by atoms with Crippen LogP contribution in [0.2, 0.25) is 0 Å². The van der Waals surface area contributed by atoms with Gasteiger partial charge in [0.25, 0.3) is 0 Å². The molecule has 0 amide bonds.